The van der Waals surface area contributed by atoms with Gasteiger partial charge in [-0.15, -0.1) is 0 Å². The van der Waals surface area contributed by atoms with Crippen molar-refractivity contribution < 1.29 is 21.3 Å². The fourth-order valence-corrected chi connectivity index (χ4v) is 0.445. The van der Waals surface area contributed by atoms with Gasteiger partial charge in [0.15, 0.2) is 0 Å². The van der Waals surface area contributed by atoms with E-state index in [0.717, 1.165) is 0 Å². The van der Waals surface area contributed by atoms with E-state index in [2.05, 4.69) is 0 Å². The molecule has 0 rings (SSSR count). The van der Waals surface area contributed by atoms with E-state index in [4.69, 9.17) is 0 Å². The van der Waals surface area contributed by atoms with Crippen LogP contribution in [0.3, 0.4) is 0 Å². The molecular weight excluding hydrogens is 149 g/mol. The third-order valence-corrected chi connectivity index (χ3v) is 0.539. The number of carbonyl (C=O) groups excluding carboxylic acids is 1. The van der Waals surface area contributed by atoms with Gasteiger partial charge in [0.1, 0.15) is 5.78 Å². The number of hydrogen-bond donors (Lipinski definition) is 0. The maximum absolute atomic E-state index is 10.2. The SMILES string of the molecule is CC(=O)CN(C)C.[Ni]. The number of Topliss-reactive ketones (excluding diaryl/α,β-unsaturated/α-hetero) is 1. The fraction of sp³-hybridized carbons (Fsp3) is 0.800. The Morgan fingerprint density at radius 3 is 1.88 bits per heavy atom. The number of carbonyl (C=O) groups is 1. The van der Waals surface area contributed by atoms with Crippen LogP contribution >= 0.6 is 0 Å². The van der Waals surface area contributed by atoms with E-state index in [1.165, 1.54) is 0 Å². The first-order valence-corrected chi connectivity index (χ1v) is 2.27. The molecule has 0 bridgehead atoms. The van der Waals surface area contributed by atoms with Gasteiger partial charge >= 0.3 is 0 Å². The molecule has 0 amide bonds. The summed E-state index contributed by atoms with van der Waals surface area (Å²) in [7, 11) is 3.75. The minimum Gasteiger partial charge on any atom is -0.302 e. The summed E-state index contributed by atoms with van der Waals surface area (Å²) in [6.07, 6.45) is 0. The molecule has 3 heteroatoms. The predicted octanol–water partition coefficient (Wildman–Crippen LogP) is 0.135. The number of ketones is 1. The summed E-state index contributed by atoms with van der Waals surface area (Å²) in [5, 5.41) is 0. The van der Waals surface area contributed by atoms with Crippen molar-refractivity contribution in [1.82, 2.24) is 4.90 Å². The van der Waals surface area contributed by atoms with Gasteiger partial charge in [0, 0.05) is 16.5 Å². The number of nitrogens with zero attached hydrogens (tertiary/aromatic N) is 1. The molecule has 0 aromatic carbocycles. The second kappa shape index (κ2) is 5.26. The smallest absolute Gasteiger partial charge is 0.143 e. The summed E-state index contributed by atoms with van der Waals surface area (Å²) in [6, 6.07) is 0. The Morgan fingerprint density at radius 2 is 1.88 bits per heavy atom. The summed E-state index contributed by atoms with van der Waals surface area (Å²) in [6.45, 7) is 2.14. The van der Waals surface area contributed by atoms with Gasteiger partial charge in [-0.05, 0) is 21.0 Å². The van der Waals surface area contributed by atoms with Gasteiger partial charge in [-0.1, -0.05) is 0 Å². The second-order valence-corrected chi connectivity index (χ2v) is 1.94. The third kappa shape index (κ3) is 9.45. The number of rotatable bonds is 2. The van der Waals surface area contributed by atoms with E-state index >= 15 is 0 Å². The maximum atomic E-state index is 10.2. The average molecular weight is 160 g/mol. The Labute approximate surface area is 60.2 Å². The summed E-state index contributed by atoms with van der Waals surface area (Å²) in [4.78, 5) is 12.1. The van der Waals surface area contributed by atoms with Crippen LogP contribution in [0.4, 0.5) is 0 Å². The zero-order chi connectivity index (χ0) is 5.86. The van der Waals surface area contributed by atoms with Gasteiger partial charge in [-0.2, -0.15) is 0 Å². The normalized spacial score (nSPS) is 8.50. The molecule has 0 spiro atoms. The van der Waals surface area contributed by atoms with E-state index in [0.29, 0.717) is 6.54 Å². The third-order valence-electron chi connectivity index (χ3n) is 0.539. The van der Waals surface area contributed by atoms with E-state index in [9.17, 15) is 4.79 Å². The van der Waals surface area contributed by atoms with Crippen LogP contribution in [-0.4, -0.2) is 31.3 Å². The Hall–Kier alpha value is 0.124. The number of likely N-dealkylation sites (N-methyl/N-ethyl adjacent to an activating group) is 1. The molecule has 0 atom stereocenters. The van der Waals surface area contributed by atoms with Gasteiger partial charge in [-0.3, -0.25) is 4.79 Å². The van der Waals surface area contributed by atoms with Crippen molar-refractivity contribution >= 4 is 5.78 Å². The van der Waals surface area contributed by atoms with Gasteiger partial charge in [0.2, 0.25) is 0 Å². The molecular formula is C5H11NNiO. The molecule has 2 nitrogen and oxygen atoms in total. The van der Waals surface area contributed by atoms with Crippen LogP contribution < -0.4 is 0 Å². The molecule has 0 saturated carbocycles. The molecule has 0 aromatic rings. The molecule has 52 valence electrons. The summed E-state index contributed by atoms with van der Waals surface area (Å²) in [5.74, 6) is 0.213. The first kappa shape index (κ1) is 11.0. The van der Waals surface area contributed by atoms with Crippen LogP contribution in [0.25, 0.3) is 0 Å². The molecule has 0 radical (unpaired) electrons. The molecule has 0 saturated heterocycles. The zero-order valence-corrected chi connectivity index (χ0v) is 6.37. The monoisotopic (exact) mass is 159 g/mol. The average Bonchev–Trinajstić information content (AvgIpc) is 1.27. The van der Waals surface area contributed by atoms with Crippen LogP contribution in [-0.2, 0) is 21.3 Å². The van der Waals surface area contributed by atoms with Crippen molar-refractivity contribution in [1.29, 1.82) is 0 Å². The summed E-state index contributed by atoms with van der Waals surface area (Å²) >= 11 is 0. The first-order chi connectivity index (χ1) is 3.13. The molecule has 0 aliphatic heterocycles. The molecule has 8 heavy (non-hydrogen) atoms. The van der Waals surface area contributed by atoms with Crippen molar-refractivity contribution in [2.24, 2.45) is 0 Å². The van der Waals surface area contributed by atoms with Crippen LogP contribution in [0, 0.1) is 0 Å². The van der Waals surface area contributed by atoms with Crippen molar-refractivity contribution in [2.45, 2.75) is 6.92 Å². The minimum absolute atomic E-state index is 0. The van der Waals surface area contributed by atoms with E-state index in [1.54, 1.807) is 6.92 Å². The number of hydrogen-bond acceptors (Lipinski definition) is 2. The molecule has 0 heterocycles. The van der Waals surface area contributed by atoms with Crippen LogP contribution in [0.2, 0.25) is 0 Å². The van der Waals surface area contributed by atoms with Crippen molar-refractivity contribution in [3.8, 4) is 0 Å². The quantitative estimate of drug-likeness (QED) is 0.535. The van der Waals surface area contributed by atoms with Crippen molar-refractivity contribution in [2.75, 3.05) is 20.6 Å². The van der Waals surface area contributed by atoms with Crippen molar-refractivity contribution in [3.05, 3.63) is 0 Å². The Balaban J connectivity index is 0. The van der Waals surface area contributed by atoms with Crippen LogP contribution in [0.5, 0.6) is 0 Å². The largest absolute Gasteiger partial charge is 0.302 e. The Kier molecular flexibility index (Phi) is 7.23. The van der Waals surface area contributed by atoms with Gasteiger partial charge in [-0.25, -0.2) is 0 Å². The minimum atomic E-state index is 0. The summed E-state index contributed by atoms with van der Waals surface area (Å²) in [5.41, 5.74) is 0. The van der Waals surface area contributed by atoms with E-state index in [-0.39, 0.29) is 22.3 Å². The topological polar surface area (TPSA) is 20.3 Å². The molecule has 0 fully saturated rings. The molecule has 0 N–H and O–H groups in total. The van der Waals surface area contributed by atoms with Gasteiger partial charge in [0.05, 0.1) is 6.54 Å². The molecule has 0 aliphatic carbocycles. The Morgan fingerprint density at radius 1 is 1.50 bits per heavy atom. The van der Waals surface area contributed by atoms with Crippen LogP contribution in [0.1, 0.15) is 6.92 Å². The fourth-order valence-electron chi connectivity index (χ4n) is 0.445. The van der Waals surface area contributed by atoms with E-state index < -0.39 is 0 Å². The summed E-state index contributed by atoms with van der Waals surface area (Å²) < 4.78 is 0. The van der Waals surface area contributed by atoms with Gasteiger partial charge < -0.3 is 4.90 Å². The standard InChI is InChI=1S/C5H11NO.Ni/c1-5(7)4-6(2)3;/h4H2,1-3H3;. The maximum Gasteiger partial charge on any atom is 0.143 e. The predicted molar refractivity (Wildman–Crippen MR) is 29.2 cm³/mol. The zero-order valence-electron chi connectivity index (χ0n) is 5.38. The van der Waals surface area contributed by atoms with Gasteiger partial charge in [0.25, 0.3) is 0 Å². The van der Waals surface area contributed by atoms with Crippen molar-refractivity contribution in [3.63, 3.8) is 0 Å². The Bertz CT molecular complexity index is 72.8. The van der Waals surface area contributed by atoms with E-state index in [1.807, 2.05) is 19.0 Å². The molecule has 0 unspecified atom stereocenters. The second-order valence-electron chi connectivity index (χ2n) is 1.94. The molecule has 0 aromatic heterocycles. The first-order valence-electron chi connectivity index (χ1n) is 2.27. The molecule has 0 aliphatic rings. The van der Waals surface area contributed by atoms with Crippen LogP contribution in [0.15, 0.2) is 0 Å².